The molecule has 8 nitrogen and oxygen atoms in total. The summed E-state index contributed by atoms with van der Waals surface area (Å²) in [6.07, 6.45) is 3.93. The van der Waals surface area contributed by atoms with Crippen LogP contribution in [0, 0.1) is 0 Å². The van der Waals surface area contributed by atoms with Crippen LogP contribution in [-0.4, -0.2) is 61.0 Å². The zero-order valence-electron chi connectivity index (χ0n) is 17.0. The third-order valence-corrected chi connectivity index (χ3v) is 4.91. The molecule has 0 aromatic heterocycles. The zero-order valence-corrected chi connectivity index (χ0v) is 17.0. The lowest BCUT2D eigenvalue weighted by Gasteiger charge is -2.26. The highest BCUT2D eigenvalue weighted by atomic mass is 16.5. The highest BCUT2D eigenvalue weighted by Crippen LogP contribution is 2.27. The molecule has 8 heteroatoms. The fourth-order valence-corrected chi connectivity index (χ4v) is 3.32. The number of carbonyl (C=O) groups excluding carboxylic acids is 4. The third kappa shape index (κ3) is 5.34. The van der Waals surface area contributed by atoms with Crippen LogP contribution >= 0.6 is 0 Å². The molecule has 1 aromatic rings. The minimum absolute atomic E-state index is 0.176. The maximum atomic E-state index is 12.1. The fraction of sp³-hybridized carbons (Fsp3) is 0.364. The average Bonchev–Trinajstić information content (AvgIpc) is 3.11. The van der Waals surface area contributed by atoms with Gasteiger partial charge in [0.1, 0.15) is 6.10 Å². The van der Waals surface area contributed by atoms with Crippen molar-refractivity contribution in [1.82, 2.24) is 10.2 Å². The zero-order chi connectivity index (χ0) is 21.7. The molecule has 2 amide bonds. The van der Waals surface area contributed by atoms with Gasteiger partial charge in [-0.3, -0.25) is 14.4 Å². The van der Waals surface area contributed by atoms with Crippen LogP contribution < -0.4 is 5.32 Å². The van der Waals surface area contributed by atoms with Gasteiger partial charge in [0.25, 0.3) is 5.91 Å². The van der Waals surface area contributed by atoms with Crippen molar-refractivity contribution in [2.24, 2.45) is 0 Å². The Morgan fingerprint density at radius 2 is 1.87 bits per heavy atom. The Hall–Kier alpha value is -3.42. The van der Waals surface area contributed by atoms with Gasteiger partial charge in [-0.2, -0.15) is 0 Å². The molecule has 0 saturated carbocycles. The Morgan fingerprint density at radius 1 is 1.17 bits per heavy atom. The molecule has 0 spiro atoms. The Bertz CT molecular complexity index is 916. The first-order valence-corrected chi connectivity index (χ1v) is 9.71. The third-order valence-electron chi connectivity index (χ3n) is 4.91. The van der Waals surface area contributed by atoms with Crippen molar-refractivity contribution in [2.45, 2.75) is 26.4 Å². The van der Waals surface area contributed by atoms with E-state index in [1.54, 1.807) is 11.0 Å². The van der Waals surface area contributed by atoms with Gasteiger partial charge >= 0.3 is 11.9 Å². The molecule has 30 heavy (non-hydrogen) atoms. The number of cyclic esters (lactones) is 1. The number of carbonyl (C=O) groups is 4. The first-order valence-electron chi connectivity index (χ1n) is 9.71. The molecule has 0 bridgehead atoms. The molecule has 1 aromatic carbocycles. The van der Waals surface area contributed by atoms with E-state index < -0.39 is 18.0 Å². The van der Waals surface area contributed by atoms with E-state index >= 15 is 0 Å². The summed E-state index contributed by atoms with van der Waals surface area (Å²) in [5, 5.41) is 2.64. The molecule has 2 aliphatic rings. The SMILES string of the molecule is CC(=O)NCC1C=C(c2ccc(C3=CCN(C(=O)COC(C)=O)CC3)cc2)C(=O)O1. The van der Waals surface area contributed by atoms with Gasteiger partial charge in [0, 0.05) is 26.9 Å². The van der Waals surface area contributed by atoms with E-state index in [1.807, 2.05) is 30.3 Å². The van der Waals surface area contributed by atoms with Crippen LogP contribution in [0.4, 0.5) is 0 Å². The van der Waals surface area contributed by atoms with Crippen molar-refractivity contribution >= 4 is 34.9 Å². The maximum absolute atomic E-state index is 12.1. The van der Waals surface area contributed by atoms with Gasteiger partial charge < -0.3 is 19.7 Å². The van der Waals surface area contributed by atoms with E-state index in [0.717, 1.165) is 16.7 Å². The van der Waals surface area contributed by atoms with Crippen LogP contribution in [-0.2, 0) is 28.7 Å². The minimum Gasteiger partial charge on any atom is -0.456 e. The number of hydrogen-bond acceptors (Lipinski definition) is 6. The van der Waals surface area contributed by atoms with Gasteiger partial charge in [-0.1, -0.05) is 30.3 Å². The number of hydrogen-bond donors (Lipinski definition) is 1. The molecule has 0 radical (unpaired) electrons. The van der Waals surface area contributed by atoms with Gasteiger partial charge in [-0.25, -0.2) is 4.79 Å². The standard InChI is InChI=1S/C22H24N2O6/c1-14(25)23-12-19-11-20(22(28)30-19)18-5-3-16(4-6-18)17-7-9-24(10-8-17)21(27)13-29-15(2)26/h3-7,11,19H,8-10,12-13H2,1-2H3,(H,23,25). The van der Waals surface area contributed by atoms with E-state index in [9.17, 15) is 19.2 Å². The predicted molar refractivity (Wildman–Crippen MR) is 109 cm³/mol. The van der Waals surface area contributed by atoms with Crippen molar-refractivity contribution in [2.75, 3.05) is 26.2 Å². The highest BCUT2D eigenvalue weighted by molar-refractivity contribution is 6.18. The summed E-state index contributed by atoms with van der Waals surface area (Å²) < 4.78 is 10.0. The van der Waals surface area contributed by atoms with E-state index in [0.29, 0.717) is 25.1 Å². The van der Waals surface area contributed by atoms with Crippen LogP contribution in [0.2, 0.25) is 0 Å². The van der Waals surface area contributed by atoms with Gasteiger partial charge in [-0.05, 0) is 29.2 Å². The number of amides is 2. The van der Waals surface area contributed by atoms with Gasteiger partial charge in [0.15, 0.2) is 6.61 Å². The quantitative estimate of drug-likeness (QED) is 0.707. The second-order valence-corrected chi connectivity index (χ2v) is 7.14. The molecule has 3 rings (SSSR count). The number of ether oxygens (including phenoxy) is 2. The fourth-order valence-electron chi connectivity index (χ4n) is 3.32. The van der Waals surface area contributed by atoms with Crippen molar-refractivity contribution in [3.63, 3.8) is 0 Å². The van der Waals surface area contributed by atoms with Crippen molar-refractivity contribution in [3.05, 3.63) is 47.5 Å². The van der Waals surface area contributed by atoms with Crippen LogP contribution in [0.1, 0.15) is 31.4 Å². The van der Waals surface area contributed by atoms with E-state index in [-0.39, 0.29) is 25.0 Å². The van der Waals surface area contributed by atoms with E-state index in [4.69, 9.17) is 9.47 Å². The number of esters is 2. The van der Waals surface area contributed by atoms with Crippen molar-refractivity contribution < 1.29 is 28.7 Å². The first kappa shape index (κ1) is 21.3. The summed E-state index contributed by atoms with van der Waals surface area (Å²) >= 11 is 0. The number of nitrogens with zero attached hydrogens (tertiary/aromatic N) is 1. The lowest BCUT2D eigenvalue weighted by Crippen LogP contribution is -2.37. The van der Waals surface area contributed by atoms with Crippen molar-refractivity contribution in [1.29, 1.82) is 0 Å². The normalized spacial score (nSPS) is 18.3. The Balaban J connectivity index is 1.61. The Kier molecular flexibility index (Phi) is 6.66. The Morgan fingerprint density at radius 3 is 2.47 bits per heavy atom. The number of nitrogens with one attached hydrogen (secondary N) is 1. The number of rotatable bonds is 6. The van der Waals surface area contributed by atoms with E-state index in [2.05, 4.69) is 5.32 Å². The molecule has 2 aliphatic heterocycles. The van der Waals surface area contributed by atoms with Crippen LogP contribution in [0.25, 0.3) is 11.1 Å². The van der Waals surface area contributed by atoms with Gasteiger partial charge in [-0.15, -0.1) is 0 Å². The summed E-state index contributed by atoms with van der Waals surface area (Å²) in [5.74, 6) is -1.27. The average molecular weight is 412 g/mol. The van der Waals surface area contributed by atoms with Gasteiger partial charge in [0.2, 0.25) is 5.91 Å². The summed E-state index contributed by atoms with van der Waals surface area (Å²) in [5.41, 5.74) is 3.37. The lowest BCUT2D eigenvalue weighted by molar-refractivity contribution is -0.150. The summed E-state index contributed by atoms with van der Waals surface area (Å²) in [6, 6.07) is 7.60. The highest BCUT2D eigenvalue weighted by Gasteiger charge is 2.26. The molecule has 1 N–H and O–H groups in total. The molecule has 1 unspecified atom stereocenters. The molecule has 1 atom stereocenters. The summed E-state index contributed by atoms with van der Waals surface area (Å²) in [4.78, 5) is 47.7. The lowest BCUT2D eigenvalue weighted by atomic mass is 9.96. The molecule has 0 fully saturated rings. The maximum Gasteiger partial charge on any atom is 0.339 e. The first-order chi connectivity index (χ1) is 14.3. The van der Waals surface area contributed by atoms with Crippen LogP contribution in [0.5, 0.6) is 0 Å². The smallest absolute Gasteiger partial charge is 0.339 e. The second-order valence-electron chi connectivity index (χ2n) is 7.14. The molecular weight excluding hydrogens is 388 g/mol. The van der Waals surface area contributed by atoms with Gasteiger partial charge in [0.05, 0.1) is 12.1 Å². The molecular formula is C22H24N2O6. The second kappa shape index (κ2) is 9.39. The molecule has 0 saturated heterocycles. The van der Waals surface area contributed by atoms with Crippen molar-refractivity contribution in [3.8, 4) is 0 Å². The topological polar surface area (TPSA) is 102 Å². The van der Waals surface area contributed by atoms with E-state index in [1.165, 1.54) is 13.8 Å². The van der Waals surface area contributed by atoms with Crippen LogP contribution in [0.15, 0.2) is 36.4 Å². The Labute approximate surface area is 174 Å². The molecule has 2 heterocycles. The largest absolute Gasteiger partial charge is 0.456 e. The molecule has 0 aliphatic carbocycles. The monoisotopic (exact) mass is 412 g/mol. The molecule has 158 valence electrons. The minimum atomic E-state index is -0.473. The summed E-state index contributed by atoms with van der Waals surface area (Å²) in [6.45, 7) is 3.71. The number of benzene rings is 1. The summed E-state index contributed by atoms with van der Waals surface area (Å²) in [7, 11) is 0. The predicted octanol–water partition coefficient (Wildman–Crippen LogP) is 1.31. The van der Waals surface area contributed by atoms with Crippen LogP contribution in [0.3, 0.4) is 0 Å².